The van der Waals surface area contributed by atoms with Crippen molar-refractivity contribution < 1.29 is 4.79 Å². The van der Waals surface area contributed by atoms with E-state index in [0.717, 1.165) is 25.2 Å². The van der Waals surface area contributed by atoms with Crippen molar-refractivity contribution in [3.8, 4) is 0 Å². The van der Waals surface area contributed by atoms with E-state index < -0.39 is 0 Å². The highest BCUT2D eigenvalue weighted by Gasteiger charge is 2.36. The van der Waals surface area contributed by atoms with Crippen LogP contribution < -0.4 is 5.73 Å². The average molecular weight is 311 g/mol. The summed E-state index contributed by atoms with van der Waals surface area (Å²) in [5.41, 5.74) is 7.07. The van der Waals surface area contributed by atoms with Gasteiger partial charge in [0.2, 0.25) is 0 Å². The predicted molar refractivity (Wildman–Crippen MR) is 84.5 cm³/mol. The highest BCUT2D eigenvalue weighted by Crippen LogP contribution is 2.29. The number of aromatic nitrogens is 1. The van der Waals surface area contributed by atoms with E-state index in [1.807, 2.05) is 11.0 Å². The molecule has 1 aromatic heterocycles. The third kappa shape index (κ3) is 3.20. The summed E-state index contributed by atoms with van der Waals surface area (Å²) in [7, 11) is 2.19. The van der Waals surface area contributed by atoms with Gasteiger partial charge in [-0.3, -0.25) is 14.7 Å². The fourth-order valence-electron chi connectivity index (χ4n) is 3.40. The van der Waals surface area contributed by atoms with Gasteiger partial charge in [-0.05, 0) is 38.4 Å². The molecule has 0 aliphatic carbocycles. The highest BCUT2D eigenvalue weighted by molar-refractivity contribution is 5.94. The molecule has 21 heavy (non-hydrogen) atoms. The van der Waals surface area contributed by atoms with Crippen LogP contribution in [0, 0.1) is 0 Å². The fraction of sp³-hybridized carbons (Fsp3) is 0.600. The normalized spacial score (nSPS) is 25.3. The minimum absolute atomic E-state index is 0. The molecule has 2 N–H and O–H groups in total. The second kappa shape index (κ2) is 6.73. The standard InChI is InChI=1S/C15H22N4O.ClH/c1-18-13-2-3-14(18)10-19(7-5-13)15(20)11-4-6-17-12(8-11)9-16;/h4,6,8,13-14H,2-3,5,7,9-10,16H2,1H3;1H. The maximum Gasteiger partial charge on any atom is 0.254 e. The number of fused-ring (bicyclic) bond motifs is 2. The Morgan fingerprint density at radius 2 is 2.14 bits per heavy atom. The maximum absolute atomic E-state index is 12.6. The van der Waals surface area contributed by atoms with Gasteiger partial charge in [-0.2, -0.15) is 0 Å². The number of amides is 1. The van der Waals surface area contributed by atoms with Crippen LogP contribution in [-0.4, -0.2) is 52.9 Å². The molecule has 0 radical (unpaired) electrons. The molecule has 1 aromatic rings. The number of halogens is 1. The zero-order valence-corrected chi connectivity index (χ0v) is 13.2. The maximum atomic E-state index is 12.6. The zero-order chi connectivity index (χ0) is 14.1. The summed E-state index contributed by atoms with van der Waals surface area (Å²) in [5, 5.41) is 0. The molecular formula is C15H23ClN4O. The van der Waals surface area contributed by atoms with E-state index in [1.54, 1.807) is 12.3 Å². The Labute approximate surface area is 131 Å². The first kappa shape index (κ1) is 16.2. The molecule has 1 amide bonds. The Hall–Kier alpha value is -1.17. The van der Waals surface area contributed by atoms with Gasteiger partial charge >= 0.3 is 0 Å². The number of nitrogens with two attached hydrogens (primary N) is 1. The van der Waals surface area contributed by atoms with Crippen LogP contribution in [0.15, 0.2) is 18.3 Å². The molecule has 6 heteroatoms. The van der Waals surface area contributed by atoms with Gasteiger partial charge in [-0.25, -0.2) is 0 Å². The highest BCUT2D eigenvalue weighted by atomic mass is 35.5. The Bertz CT molecular complexity index is 510. The van der Waals surface area contributed by atoms with Gasteiger partial charge in [0.15, 0.2) is 0 Å². The molecule has 2 fully saturated rings. The molecule has 3 heterocycles. The number of likely N-dealkylation sites (tertiary alicyclic amines) is 1. The van der Waals surface area contributed by atoms with Gasteiger partial charge in [-0.15, -0.1) is 12.4 Å². The quantitative estimate of drug-likeness (QED) is 0.893. The third-order valence-corrected chi connectivity index (χ3v) is 4.71. The summed E-state index contributed by atoms with van der Waals surface area (Å²) in [4.78, 5) is 21.2. The Kier molecular flexibility index (Phi) is 5.19. The van der Waals surface area contributed by atoms with E-state index in [1.165, 1.54) is 12.8 Å². The largest absolute Gasteiger partial charge is 0.337 e. The number of carbonyl (C=O) groups excluding carboxylic acids is 1. The van der Waals surface area contributed by atoms with Crippen molar-refractivity contribution >= 4 is 18.3 Å². The summed E-state index contributed by atoms with van der Waals surface area (Å²) in [6.07, 6.45) is 5.23. The number of hydrogen-bond acceptors (Lipinski definition) is 4. The van der Waals surface area contributed by atoms with Crippen molar-refractivity contribution in [3.05, 3.63) is 29.6 Å². The molecular weight excluding hydrogens is 288 g/mol. The second-order valence-electron chi connectivity index (χ2n) is 5.83. The number of rotatable bonds is 2. The number of nitrogens with zero attached hydrogens (tertiary/aromatic N) is 3. The lowest BCUT2D eigenvalue weighted by Crippen LogP contribution is -2.39. The lowest BCUT2D eigenvalue weighted by Gasteiger charge is -2.26. The van der Waals surface area contributed by atoms with Gasteiger partial charge in [0.25, 0.3) is 5.91 Å². The number of carbonyl (C=O) groups is 1. The minimum atomic E-state index is 0. The lowest BCUT2D eigenvalue weighted by atomic mass is 10.1. The summed E-state index contributed by atoms with van der Waals surface area (Å²) in [5.74, 6) is 0.114. The van der Waals surface area contributed by atoms with E-state index in [9.17, 15) is 4.79 Å². The number of hydrogen-bond donors (Lipinski definition) is 1. The molecule has 2 atom stereocenters. The predicted octanol–water partition coefficient (Wildman–Crippen LogP) is 1.27. The van der Waals surface area contributed by atoms with Crippen molar-refractivity contribution in [3.63, 3.8) is 0 Å². The molecule has 3 rings (SSSR count). The van der Waals surface area contributed by atoms with Crippen molar-refractivity contribution in [2.75, 3.05) is 20.1 Å². The molecule has 2 bridgehead atoms. The van der Waals surface area contributed by atoms with Crippen molar-refractivity contribution in [1.29, 1.82) is 0 Å². The van der Waals surface area contributed by atoms with Crippen LogP contribution in [0.2, 0.25) is 0 Å². The molecule has 0 saturated carbocycles. The van der Waals surface area contributed by atoms with Crippen molar-refractivity contribution in [2.45, 2.75) is 37.9 Å². The molecule has 5 nitrogen and oxygen atoms in total. The van der Waals surface area contributed by atoms with Crippen molar-refractivity contribution in [1.82, 2.24) is 14.8 Å². The van der Waals surface area contributed by atoms with Crippen LogP contribution in [0.1, 0.15) is 35.3 Å². The minimum Gasteiger partial charge on any atom is -0.337 e. The number of likely N-dealkylation sites (N-methyl/N-ethyl adjacent to an activating group) is 1. The van der Waals surface area contributed by atoms with E-state index in [-0.39, 0.29) is 18.3 Å². The van der Waals surface area contributed by atoms with Crippen molar-refractivity contribution in [2.24, 2.45) is 5.73 Å². The summed E-state index contributed by atoms with van der Waals surface area (Å²) >= 11 is 0. The smallest absolute Gasteiger partial charge is 0.254 e. The van der Waals surface area contributed by atoms with E-state index in [0.29, 0.717) is 24.2 Å². The Morgan fingerprint density at radius 1 is 1.38 bits per heavy atom. The topological polar surface area (TPSA) is 62.5 Å². The first-order valence-electron chi connectivity index (χ1n) is 7.35. The summed E-state index contributed by atoms with van der Waals surface area (Å²) in [6.45, 7) is 2.06. The first-order valence-corrected chi connectivity index (χ1v) is 7.35. The molecule has 0 spiro atoms. The fourth-order valence-corrected chi connectivity index (χ4v) is 3.40. The molecule has 0 aromatic carbocycles. The monoisotopic (exact) mass is 310 g/mol. The average Bonchev–Trinajstić information content (AvgIpc) is 2.71. The summed E-state index contributed by atoms with van der Waals surface area (Å²) in [6, 6.07) is 4.76. The van der Waals surface area contributed by atoms with Gasteiger partial charge in [0.05, 0.1) is 5.69 Å². The Balaban J connectivity index is 0.00000161. The molecule has 2 unspecified atom stereocenters. The first-order chi connectivity index (χ1) is 9.69. The van der Waals surface area contributed by atoms with Crippen LogP contribution in [0.3, 0.4) is 0 Å². The molecule has 2 saturated heterocycles. The van der Waals surface area contributed by atoms with E-state index in [4.69, 9.17) is 5.73 Å². The van der Waals surface area contributed by atoms with Crippen LogP contribution in [-0.2, 0) is 6.54 Å². The Morgan fingerprint density at radius 3 is 2.90 bits per heavy atom. The van der Waals surface area contributed by atoms with Crippen LogP contribution >= 0.6 is 12.4 Å². The van der Waals surface area contributed by atoms with Crippen LogP contribution in [0.25, 0.3) is 0 Å². The van der Waals surface area contributed by atoms with Gasteiger partial charge in [0, 0.05) is 43.5 Å². The molecule has 2 aliphatic rings. The second-order valence-corrected chi connectivity index (χ2v) is 5.83. The SMILES string of the molecule is CN1C2CCC1CN(C(=O)c1ccnc(CN)c1)CC2.Cl. The summed E-state index contributed by atoms with van der Waals surface area (Å²) < 4.78 is 0. The zero-order valence-electron chi connectivity index (χ0n) is 12.4. The third-order valence-electron chi connectivity index (χ3n) is 4.71. The van der Waals surface area contributed by atoms with Gasteiger partial charge < -0.3 is 10.6 Å². The van der Waals surface area contributed by atoms with E-state index >= 15 is 0 Å². The van der Waals surface area contributed by atoms with Crippen LogP contribution in [0.4, 0.5) is 0 Å². The van der Waals surface area contributed by atoms with Gasteiger partial charge in [-0.1, -0.05) is 0 Å². The van der Waals surface area contributed by atoms with Crippen LogP contribution in [0.5, 0.6) is 0 Å². The molecule has 116 valence electrons. The molecule has 2 aliphatic heterocycles. The number of pyridine rings is 1. The lowest BCUT2D eigenvalue weighted by molar-refractivity contribution is 0.0740. The van der Waals surface area contributed by atoms with E-state index in [2.05, 4.69) is 16.9 Å². The van der Waals surface area contributed by atoms with Gasteiger partial charge in [0.1, 0.15) is 0 Å².